The summed E-state index contributed by atoms with van der Waals surface area (Å²) < 4.78 is 0. The first-order valence-electron chi connectivity index (χ1n) is 6.34. The maximum absolute atomic E-state index is 4.75. The van der Waals surface area contributed by atoms with E-state index < -0.39 is 0 Å². The van der Waals surface area contributed by atoms with E-state index in [0.717, 1.165) is 22.9 Å². The number of aromatic nitrogens is 2. The Labute approximate surface area is 116 Å². The van der Waals surface area contributed by atoms with Gasteiger partial charge in [0.1, 0.15) is 16.5 Å². The molecule has 0 N–H and O–H groups in total. The molecule has 3 nitrogen and oxygen atoms in total. The first-order chi connectivity index (χ1) is 8.79. The van der Waals surface area contributed by atoms with Crippen molar-refractivity contribution in [2.24, 2.45) is 0 Å². The summed E-state index contributed by atoms with van der Waals surface area (Å²) in [4.78, 5) is 12.8. The van der Waals surface area contributed by atoms with Crippen molar-refractivity contribution in [2.45, 2.75) is 25.8 Å². The van der Waals surface area contributed by atoms with Gasteiger partial charge >= 0.3 is 0 Å². The summed E-state index contributed by atoms with van der Waals surface area (Å²) in [6.07, 6.45) is 2.16. The average molecular weight is 279 g/mol. The molecule has 3 rings (SSSR count). The van der Waals surface area contributed by atoms with E-state index in [1.165, 1.54) is 23.3 Å². The number of thiophene rings is 1. The van der Waals surface area contributed by atoms with Crippen LogP contribution in [-0.2, 0) is 6.42 Å². The van der Waals surface area contributed by atoms with Crippen molar-refractivity contribution in [1.29, 1.82) is 0 Å². The van der Waals surface area contributed by atoms with Crippen molar-refractivity contribution in [1.82, 2.24) is 9.97 Å². The molecule has 1 atom stereocenters. The maximum Gasteiger partial charge on any atom is 0.141 e. The van der Waals surface area contributed by atoms with Crippen LogP contribution >= 0.6 is 23.1 Å². The molecule has 1 fully saturated rings. The third-order valence-electron chi connectivity index (χ3n) is 3.45. The lowest BCUT2D eigenvalue weighted by molar-refractivity contribution is 0.691. The van der Waals surface area contributed by atoms with Crippen LogP contribution in [0.1, 0.15) is 19.2 Å². The minimum atomic E-state index is 0.623. The Morgan fingerprint density at radius 2 is 2.33 bits per heavy atom. The number of fused-ring (bicyclic) bond motifs is 1. The number of rotatable bonds is 3. The van der Waals surface area contributed by atoms with Crippen LogP contribution < -0.4 is 4.90 Å². The third kappa shape index (κ3) is 2.10. The molecule has 5 heteroatoms. The van der Waals surface area contributed by atoms with Crippen molar-refractivity contribution < 1.29 is 0 Å². The molecular formula is C13H17N3S2. The molecule has 1 aliphatic heterocycles. The molecule has 0 bridgehead atoms. The van der Waals surface area contributed by atoms with Crippen molar-refractivity contribution in [2.75, 3.05) is 23.5 Å². The van der Waals surface area contributed by atoms with Crippen molar-refractivity contribution in [3.05, 3.63) is 17.3 Å². The normalized spacial score (nSPS) is 19.6. The molecule has 1 saturated heterocycles. The van der Waals surface area contributed by atoms with E-state index in [9.17, 15) is 0 Å². The lowest BCUT2D eigenvalue weighted by Crippen LogP contribution is -2.32. The monoisotopic (exact) mass is 279 g/mol. The summed E-state index contributed by atoms with van der Waals surface area (Å²) in [5.41, 5.74) is 0. The average Bonchev–Trinajstić information content (AvgIpc) is 3.07. The summed E-state index contributed by atoms with van der Waals surface area (Å²) in [6.45, 7) is 2.12. The fourth-order valence-corrected chi connectivity index (χ4v) is 4.36. The van der Waals surface area contributed by atoms with Gasteiger partial charge in [-0.3, -0.25) is 0 Å². The Kier molecular flexibility index (Phi) is 3.43. The van der Waals surface area contributed by atoms with Crippen LogP contribution in [0.25, 0.3) is 10.2 Å². The van der Waals surface area contributed by atoms with Gasteiger partial charge in [-0.2, -0.15) is 11.8 Å². The number of anilines is 1. The Bertz CT molecular complexity index is 546. The zero-order valence-electron chi connectivity index (χ0n) is 10.7. The Hall–Kier alpha value is -0.810. The number of aryl methyl sites for hydroxylation is 1. The molecule has 2 aromatic rings. The summed E-state index contributed by atoms with van der Waals surface area (Å²) in [7, 11) is 2.18. The second-order valence-electron chi connectivity index (χ2n) is 4.58. The number of thioether (sulfide) groups is 1. The molecule has 0 radical (unpaired) electrons. The van der Waals surface area contributed by atoms with Crippen LogP contribution in [0.2, 0.25) is 0 Å². The highest BCUT2D eigenvalue weighted by Crippen LogP contribution is 2.31. The summed E-state index contributed by atoms with van der Waals surface area (Å²) in [5.74, 6) is 4.56. The summed E-state index contributed by atoms with van der Waals surface area (Å²) >= 11 is 3.75. The quantitative estimate of drug-likeness (QED) is 0.863. The van der Waals surface area contributed by atoms with Gasteiger partial charge in [0.05, 0.1) is 5.39 Å². The van der Waals surface area contributed by atoms with Gasteiger partial charge in [0.2, 0.25) is 0 Å². The third-order valence-corrected chi connectivity index (χ3v) is 5.41. The van der Waals surface area contributed by atoms with Gasteiger partial charge < -0.3 is 4.90 Å². The van der Waals surface area contributed by atoms with E-state index in [2.05, 4.69) is 35.3 Å². The highest BCUT2D eigenvalue weighted by molar-refractivity contribution is 7.99. The SMILES string of the molecule is CCc1nc(N(C)C2CCSC2)c2ccsc2n1. The van der Waals surface area contributed by atoms with Gasteiger partial charge in [-0.05, 0) is 23.6 Å². The van der Waals surface area contributed by atoms with Crippen molar-refractivity contribution >= 4 is 39.1 Å². The number of hydrogen-bond donors (Lipinski definition) is 0. The molecule has 18 heavy (non-hydrogen) atoms. The molecule has 96 valence electrons. The summed E-state index contributed by atoms with van der Waals surface area (Å²) in [5, 5.41) is 3.32. The van der Waals surface area contributed by atoms with Gasteiger partial charge in [-0.25, -0.2) is 9.97 Å². The molecule has 1 aliphatic rings. The highest BCUT2D eigenvalue weighted by Gasteiger charge is 2.23. The zero-order valence-corrected chi connectivity index (χ0v) is 12.4. The molecular weight excluding hydrogens is 262 g/mol. The second-order valence-corrected chi connectivity index (χ2v) is 6.63. The molecule has 1 unspecified atom stereocenters. The largest absolute Gasteiger partial charge is 0.355 e. The van der Waals surface area contributed by atoms with E-state index in [0.29, 0.717) is 6.04 Å². The summed E-state index contributed by atoms with van der Waals surface area (Å²) in [6, 6.07) is 2.77. The highest BCUT2D eigenvalue weighted by atomic mass is 32.2. The van der Waals surface area contributed by atoms with E-state index in [-0.39, 0.29) is 0 Å². The number of nitrogens with zero attached hydrogens (tertiary/aromatic N) is 3. The maximum atomic E-state index is 4.75. The van der Waals surface area contributed by atoms with Crippen molar-refractivity contribution in [3.63, 3.8) is 0 Å². The van der Waals surface area contributed by atoms with E-state index in [1.54, 1.807) is 11.3 Å². The number of hydrogen-bond acceptors (Lipinski definition) is 5. The van der Waals surface area contributed by atoms with E-state index in [4.69, 9.17) is 4.98 Å². The predicted octanol–water partition coefficient (Wildman–Crippen LogP) is 3.20. The lowest BCUT2D eigenvalue weighted by Gasteiger charge is -2.25. The molecule has 3 heterocycles. The van der Waals surface area contributed by atoms with Crippen LogP contribution in [-0.4, -0.2) is 34.6 Å². The molecule has 0 amide bonds. The first-order valence-corrected chi connectivity index (χ1v) is 8.37. The van der Waals surface area contributed by atoms with Crippen LogP contribution in [0.3, 0.4) is 0 Å². The minimum Gasteiger partial charge on any atom is -0.355 e. The van der Waals surface area contributed by atoms with Crippen LogP contribution in [0.15, 0.2) is 11.4 Å². The Morgan fingerprint density at radius 3 is 3.06 bits per heavy atom. The minimum absolute atomic E-state index is 0.623. The van der Waals surface area contributed by atoms with Crippen LogP contribution in [0, 0.1) is 0 Å². The van der Waals surface area contributed by atoms with Crippen LogP contribution in [0.4, 0.5) is 5.82 Å². The first kappa shape index (κ1) is 12.2. The second kappa shape index (κ2) is 5.05. The van der Waals surface area contributed by atoms with E-state index in [1.807, 2.05) is 11.8 Å². The molecule has 0 spiro atoms. The standard InChI is InChI=1S/C13H17N3S2/c1-3-11-14-12(10-5-7-18-13(10)15-11)16(2)9-4-6-17-8-9/h5,7,9H,3-4,6,8H2,1-2H3. The molecule has 2 aromatic heterocycles. The fourth-order valence-electron chi connectivity index (χ4n) is 2.31. The van der Waals surface area contributed by atoms with Crippen molar-refractivity contribution in [3.8, 4) is 0 Å². The fraction of sp³-hybridized carbons (Fsp3) is 0.538. The lowest BCUT2D eigenvalue weighted by atomic mass is 10.2. The zero-order chi connectivity index (χ0) is 12.5. The van der Waals surface area contributed by atoms with E-state index >= 15 is 0 Å². The van der Waals surface area contributed by atoms with Gasteiger partial charge in [0.15, 0.2) is 0 Å². The molecule has 0 aromatic carbocycles. The van der Waals surface area contributed by atoms with Gasteiger partial charge in [0.25, 0.3) is 0 Å². The topological polar surface area (TPSA) is 29.0 Å². The van der Waals surface area contributed by atoms with Gasteiger partial charge in [-0.1, -0.05) is 6.92 Å². The van der Waals surface area contributed by atoms with Gasteiger partial charge in [-0.15, -0.1) is 11.3 Å². The smallest absolute Gasteiger partial charge is 0.141 e. The van der Waals surface area contributed by atoms with Crippen LogP contribution in [0.5, 0.6) is 0 Å². The Morgan fingerprint density at radius 1 is 1.44 bits per heavy atom. The van der Waals surface area contributed by atoms with Gasteiger partial charge in [0, 0.05) is 25.3 Å². The molecule has 0 aliphatic carbocycles. The molecule has 0 saturated carbocycles. The predicted molar refractivity (Wildman–Crippen MR) is 80.9 cm³/mol. The Balaban J connectivity index is 2.05.